The maximum Gasteiger partial charge on any atom is 0.255 e. The molecule has 0 spiro atoms. The van der Waals surface area contributed by atoms with Gasteiger partial charge in [-0.15, -0.1) is 0 Å². The molecular weight excluding hydrogens is 280 g/mol. The average Bonchev–Trinajstić information content (AvgIpc) is 2.55. The summed E-state index contributed by atoms with van der Waals surface area (Å²) in [5, 5.41) is 5.30. The van der Waals surface area contributed by atoms with E-state index in [0.29, 0.717) is 28.8 Å². The van der Waals surface area contributed by atoms with Crippen molar-refractivity contribution in [3.05, 3.63) is 72.3 Å². The van der Waals surface area contributed by atoms with Crippen molar-refractivity contribution in [3.8, 4) is 0 Å². The summed E-state index contributed by atoms with van der Waals surface area (Å²) in [6.45, 7) is 3.36. The molecule has 0 unspecified atom stereocenters. The van der Waals surface area contributed by atoms with Gasteiger partial charge in [-0.3, -0.25) is 14.4 Å². The molecule has 110 valence electrons. The number of nitrogens with one attached hydrogen (secondary N) is 2. The van der Waals surface area contributed by atoms with Crippen LogP contribution in [0.3, 0.4) is 0 Å². The highest BCUT2D eigenvalue weighted by Crippen LogP contribution is 2.13. The second-order valence-electron chi connectivity index (χ2n) is 4.47. The van der Waals surface area contributed by atoms with Crippen LogP contribution in [0.15, 0.2) is 61.2 Å². The van der Waals surface area contributed by atoms with Crippen LogP contribution >= 0.6 is 0 Å². The highest BCUT2D eigenvalue weighted by atomic mass is 16.2. The summed E-state index contributed by atoms with van der Waals surface area (Å²) in [5.41, 5.74) is 2.04. The molecule has 0 heterocycles. The van der Waals surface area contributed by atoms with Crippen LogP contribution in [0.2, 0.25) is 0 Å². The lowest BCUT2D eigenvalue weighted by Gasteiger charge is -2.07. The van der Waals surface area contributed by atoms with E-state index in [1.807, 2.05) is 0 Å². The third kappa shape index (κ3) is 3.89. The van der Waals surface area contributed by atoms with Crippen LogP contribution in [0.25, 0.3) is 0 Å². The number of hydrogen-bond acceptors (Lipinski definition) is 3. The Labute approximate surface area is 127 Å². The number of rotatable bonds is 5. The van der Waals surface area contributed by atoms with Crippen LogP contribution in [-0.4, -0.2) is 18.1 Å². The molecule has 0 aliphatic rings. The summed E-state index contributed by atoms with van der Waals surface area (Å²) in [7, 11) is 0. The Morgan fingerprint density at radius 3 is 2.32 bits per heavy atom. The first-order chi connectivity index (χ1) is 10.6. The molecule has 0 aromatic heterocycles. The van der Waals surface area contributed by atoms with E-state index in [1.54, 1.807) is 48.5 Å². The second-order valence-corrected chi connectivity index (χ2v) is 4.47. The van der Waals surface area contributed by atoms with Crippen molar-refractivity contribution in [2.45, 2.75) is 0 Å². The fraction of sp³-hybridized carbons (Fsp3) is 0. The summed E-state index contributed by atoms with van der Waals surface area (Å²) in [5.74, 6) is -0.618. The molecule has 0 atom stereocenters. The molecule has 2 aromatic rings. The van der Waals surface area contributed by atoms with E-state index >= 15 is 0 Å². The topological polar surface area (TPSA) is 75.3 Å². The number of carbonyl (C=O) groups is 3. The lowest BCUT2D eigenvalue weighted by molar-refractivity contribution is -0.111. The summed E-state index contributed by atoms with van der Waals surface area (Å²) in [6.07, 6.45) is 1.88. The van der Waals surface area contributed by atoms with Crippen molar-refractivity contribution in [2.75, 3.05) is 10.6 Å². The molecule has 0 radical (unpaired) electrons. The van der Waals surface area contributed by atoms with Gasteiger partial charge < -0.3 is 10.6 Å². The molecule has 0 bridgehead atoms. The number of aldehydes is 1. The molecule has 2 amide bonds. The quantitative estimate of drug-likeness (QED) is 0.657. The second kappa shape index (κ2) is 6.99. The maximum absolute atomic E-state index is 12.1. The van der Waals surface area contributed by atoms with E-state index < -0.39 is 0 Å². The fourth-order valence-corrected chi connectivity index (χ4v) is 1.79. The highest BCUT2D eigenvalue weighted by molar-refractivity contribution is 6.05. The zero-order chi connectivity index (χ0) is 15.9. The van der Waals surface area contributed by atoms with Crippen LogP contribution in [0, 0.1) is 0 Å². The van der Waals surface area contributed by atoms with Crippen LogP contribution in [0.1, 0.15) is 20.7 Å². The van der Waals surface area contributed by atoms with E-state index in [9.17, 15) is 14.4 Å². The third-order valence-electron chi connectivity index (χ3n) is 2.88. The van der Waals surface area contributed by atoms with Crippen molar-refractivity contribution in [3.63, 3.8) is 0 Å². The Morgan fingerprint density at radius 2 is 1.68 bits per heavy atom. The van der Waals surface area contributed by atoms with E-state index in [1.165, 1.54) is 6.08 Å². The van der Waals surface area contributed by atoms with Gasteiger partial charge in [0.05, 0.1) is 0 Å². The number of carbonyl (C=O) groups excluding carboxylic acids is 3. The van der Waals surface area contributed by atoms with Gasteiger partial charge in [0.1, 0.15) is 6.29 Å². The van der Waals surface area contributed by atoms with Gasteiger partial charge in [0.2, 0.25) is 5.91 Å². The lowest BCUT2D eigenvalue weighted by atomic mass is 10.1. The molecule has 5 heteroatoms. The lowest BCUT2D eigenvalue weighted by Crippen LogP contribution is -2.12. The summed E-state index contributed by atoms with van der Waals surface area (Å²) in [6, 6.07) is 13.1. The molecule has 0 aliphatic carbocycles. The zero-order valence-corrected chi connectivity index (χ0v) is 11.7. The Hall–Kier alpha value is -3.21. The third-order valence-corrected chi connectivity index (χ3v) is 2.88. The Kier molecular flexibility index (Phi) is 4.82. The van der Waals surface area contributed by atoms with Gasteiger partial charge in [-0.25, -0.2) is 0 Å². The van der Waals surface area contributed by atoms with Crippen molar-refractivity contribution in [1.29, 1.82) is 0 Å². The molecule has 0 saturated carbocycles. The fourth-order valence-electron chi connectivity index (χ4n) is 1.79. The predicted octanol–water partition coefficient (Wildman–Crippen LogP) is 2.88. The Balaban J connectivity index is 2.07. The first-order valence-corrected chi connectivity index (χ1v) is 6.52. The minimum Gasteiger partial charge on any atom is -0.323 e. The molecule has 0 fully saturated rings. The minimum atomic E-state index is -0.317. The predicted molar refractivity (Wildman–Crippen MR) is 85.1 cm³/mol. The van der Waals surface area contributed by atoms with Gasteiger partial charge in [0.15, 0.2) is 0 Å². The highest BCUT2D eigenvalue weighted by Gasteiger charge is 2.07. The van der Waals surface area contributed by atoms with Gasteiger partial charge in [0, 0.05) is 22.5 Å². The first kappa shape index (κ1) is 15.2. The van der Waals surface area contributed by atoms with Crippen molar-refractivity contribution in [1.82, 2.24) is 0 Å². The molecule has 2 N–H and O–H groups in total. The largest absolute Gasteiger partial charge is 0.323 e. The average molecular weight is 294 g/mol. The van der Waals surface area contributed by atoms with Gasteiger partial charge in [-0.2, -0.15) is 0 Å². The molecule has 2 aromatic carbocycles. The molecule has 5 nitrogen and oxygen atoms in total. The van der Waals surface area contributed by atoms with Crippen LogP contribution in [0.4, 0.5) is 11.4 Å². The molecule has 0 aliphatic heterocycles. The normalized spacial score (nSPS) is 9.64. The molecule has 22 heavy (non-hydrogen) atoms. The van der Waals surface area contributed by atoms with Crippen LogP contribution in [0.5, 0.6) is 0 Å². The van der Waals surface area contributed by atoms with E-state index in [0.717, 1.165) is 0 Å². The van der Waals surface area contributed by atoms with Crippen molar-refractivity contribution in [2.24, 2.45) is 0 Å². The monoisotopic (exact) mass is 294 g/mol. The summed E-state index contributed by atoms with van der Waals surface area (Å²) in [4.78, 5) is 34.0. The molecule has 0 saturated heterocycles. The Morgan fingerprint density at radius 1 is 0.955 bits per heavy atom. The number of benzene rings is 2. The van der Waals surface area contributed by atoms with E-state index in [-0.39, 0.29) is 11.8 Å². The van der Waals surface area contributed by atoms with Crippen LogP contribution in [-0.2, 0) is 4.79 Å². The summed E-state index contributed by atoms with van der Waals surface area (Å²) >= 11 is 0. The maximum atomic E-state index is 12.1. The standard InChI is InChI=1S/C17H14N2O3/c1-2-16(21)18-14-8-6-13(7-9-14)17(22)19-15-5-3-4-12(10-15)11-20/h2-11H,1H2,(H,18,21)(H,19,22). The van der Waals surface area contributed by atoms with Gasteiger partial charge in [0.25, 0.3) is 5.91 Å². The van der Waals surface area contributed by atoms with Gasteiger partial charge >= 0.3 is 0 Å². The van der Waals surface area contributed by atoms with Gasteiger partial charge in [-0.05, 0) is 42.5 Å². The SMILES string of the molecule is C=CC(=O)Nc1ccc(C(=O)Nc2cccc(C=O)c2)cc1. The van der Waals surface area contributed by atoms with Crippen LogP contribution < -0.4 is 10.6 Å². The number of amides is 2. The minimum absolute atomic E-state index is 0.301. The van der Waals surface area contributed by atoms with Crippen molar-refractivity contribution >= 4 is 29.5 Å². The molecular formula is C17H14N2O3. The van der Waals surface area contributed by atoms with Gasteiger partial charge in [-0.1, -0.05) is 18.7 Å². The molecule has 2 rings (SSSR count). The zero-order valence-electron chi connectivity index (χ0n) is 11.7. The number of hydrogen-bond donors (Lipinski definition) is 2. The first-order valence-electron chi connectivity index (χ1n) is 6.52. The number of anilines is 2. The summed E-state index contributed by atoms with van der Waals surface area (Å²) < 4.78 is 0. The Bertz CT molecular complexity index is 721. The smallest absolute Gasteiger partial charge is 0.255 e. The van der Waals surface area contributed by atoms with E-state index in [4.69, 9.17) is 0 Å². The van der Waals surface area contributed by atoms with Crippen molar-refractivity contribution < 1.29 is 14.4 Å². The van der Waals surface area contributed by atoms with E-state index in [2.05, 4.69) is 17.2 Å².